The lowest BCUT2D eigenvalue weighted by Crippen LogP contribution is -1.97. The van der Waals surface area contributed by atoms with Crippen LogP contribution in [0.3, 0.4) is 0 Å². The maximum absolute atomic E-state index is 13.2. The normalized spacial score (nSPS) is 11.1. The van der Waals surface area contributed by atoms with Gasteiger partial charge >= 0.3 is 0 Å². The maximum atomic E-state index is 13.2. The number of hydrogen-bond donors (Lipinski definition) is 1. The molecule has 0 amide bonds. The first-order valence-corrected chi connectivity index (χ1v) is 9.18. The van der Waals surface area contributed by atoms with Crippen LogP contribution >= 0.6 is 27.3 Å². The van der Waals surface area contributed by atoms with Gasteiger partial charge in [-0.1, -0.05) is 28.1 Å². The summed E-state index contributed by atoms with van der Waals surface area (Å²) in [5, 5.41) is 25.4. The average molecular weight is 445 g/mol. The van der Waals surface area contributed by atoms with Gasteiger partial charge in [-0.2, -0.15) is 5.26 Å². The Balaban J connectivity index is 1.88. The number of nitrogens with zero attached hydrogens (tertiary/aromatic N) is 3. The van der Waals surface area contributed by atoms with Crippen molar-refractivity contribution in [3.05, 3.63) is 79.5 Å². The van der Waals surface area contributed by atoms with Crippen LogP contribution < -0.4 is 5.32 Å². The summed E-state index contributed by atoms with van der Waals surface area (Å²) in [6.45, 7) is 0. The fourth-order valence-electron chi connectivity index (χ4n) is 2.25. The topological polar surface area (TPSA) is 91.8 Å². The molecule has 6 nitrogen and oxygen atoms in total. The summed E-state index contributed by atoms with van der Waals surface area (Å²) < 4.78 is 14.1. The SMILES string of the molecule is N#CC(=CNc1ccc(F)cc1[N+](=O)[O-])c1nc(-c2cccc(Br)c2)cs1. The lowest BCUT2D eigenvalue weighted by molar-refractivity contribution is -0.384. The van der Waals surface area contributed by atoms with Gasteiger partial charge in [0.05, 0.1) is 16.7 Å². The molecule has 1 aromatic heterocycles. The Morgan fingerprint density at radius 1 is 1.37 bits per heavy atom. The summed E-state index contributed by atoms with van der Waals surface area (Å²) in [7, 11) is 0. The van der Waals surface area contributed by atoms with E-state index in [4.69, 9.17) is 0 Å². The second-order valence-corrected chi connectivity index (χ2v) is 7.05. The Kier molecular flexibility index (Phi) is 5.59. The Hall–Kier alpha value is -3.09. The molecule has 0 atom stereocenters. The highest BCUT2D eigenvalue weighted by atomic mass is 79.9. The third-order valence-electron chi connectivity index (χ3n) is 3.50. The number of nitro benzene ring substituents is 1. The van der Waals surface area contributed by atoms with Crippen LogP contribution in [0.4, 0.5) is 15.8 Å². The van der Waals surface area contributed by atoms with Gasteiger partial charge in [-0.3, -0.25) is 10.1 Å². The smallest absolute Gasteiger partial charge is 0.295 e. The van der Waals surface area contributed by atoms with E-state index in [0.717, 1.165) is 22.2 Å². The summed E-state index contributed by atoms with van der Waals surface area (Å²) in [6.07, 6.45) is 1.32. The molecule has 0 aliphatic heterocycles. The van der Waals surface area contributed by atoms with Gasteiger partial charge in [0.25, 0.3) is 5.69 Å². The van der Waals surface area contributed by atoms with E-state index in [1.54, 1.807) is 0 Å². The first-order valence-electron chi connectivity index (χ1n) is 7.50. The van der Waals surface area contributed by atoms with Crippen LogP contribution in [0.15, 0.2) is 58.5 Å². The lowest BCUT2D eigenvalue weighted by Gasteiger charge is -2.03. The number of nitriles is 1. The van der Waals surface area contributed by atoms with Crippen LogP contribution in [-0.2, 0) is 0 Å². The van der Waals surface area contributed by atoms with E-state index in [2.05, 4.69) is 26.2 Å². The number of rotatable bonds is 5. The first kappa shape index (κ1) is 18.7. The van der Waals surface area contributed by atoms with Gasteiger partial charge < -0.3 is 5.32 Å². The van der Waals surface area contributed by atoms with Gasteiger partial charge in [0.15, 0.2) is 0 Å². The number of aromatic nitrogens is 1. The summed E-state index contributed by atoms with van der Waals surface area (Å²) >= 11 is 4.68. The highest BCUT2D eigenvalue weighted by molar-refractivity contribution is 9.10. The molecule has 0 saturated carbocycles. The van der Waals surface area contributed by atoms with Crippen molar-refractivity contribution in [2.45, 2.75) is 0 Å². The molecule has 0 radical (unpaired) electrons. The van der Waals surface area contributed by atoms with Crippen molar-refractivity contribution in [1.82, 2.24) is 4.98 Å². The minimum atomic E-state index is -0.713. The maximum Gasteiger partial charge on any atom is 0.295 e. The largest absolute Gasteiger partial charge is 0.355 e. The lowest BCUT2D eigenvalue weighted by atomic mass is 10.2. The third-order valence-corrected chi connectivity index (χ3v) is 4.87. The molecule has 9 heteroatoms. The van der Waals surface area contributed by atoms with E-state index in [1.807, 2.05) is 35.7 Å². The van der Waals surface area contributed by atoms with Gasteiger partial charge in [-0.25, -0.2) is 9.37 Å². The second-order valence-electron chi connectivity index (χ2n) is 5.28. The molecule has 1 N–H and O–H groups in total. The zero-order chi connectivity index (χ0) is 19.4. The molecule has 134 valence electrons. The van der Waals surface area contributed by atoms with Crippen molar-refractivity contribution in [2.75, 3.05) is 5.32 Å². The van der Waals surface area contributed by atoms with Crippen LogP contribution in [0, 0.1) is 27.3 Å². The van der Waals surface area contributed by atoms with E-state index in [9.17, 15) is 19.8 Å². The molecule has 3 aromatic rings. The summed E-state index contributed by atoms with van der Waals surface area (Å²) in [5.41, 5.74) is 1.48. The predicted molar refractivity (Wildman–Crippen MR) is 106 cm³/mol. The summed E-state index contributed by atoms with van der Waals surface area (Å²) in [6, 6.07) is 12.8. The first-order chi connectivity index (χ1) is 13.0. The van der Waals surface area contributed by atoms with Crippen LogP contribution in [0.2, 0.25) is 0 Å². The van der Waals surface area contributed by atoms with Crippen LogP contribution in [-0.4, -0.2) is 9.91 Å². The second kappa shape index (κ2) is 8.07. The molecule has 27 heavy (non-hydrogen) atoms. The standard InChI is InChI=1S/C18H10BrFN4O2S/c19-13-3-1-2-11(6-13)16-10-27-18(23-16)12(8-21)9-22-15-5-4-14(20)7-17(15)24(25)26/h1-7,9-10,22H. The molecule has 2 aromatic carbocycles. The fraction of sp³-hybridized carbons (Fsp3) is 0. The Morgan fingerprint density at radius 3 is 2.89 bits per heavy atom. The molecule has 0 bridgehead atoms. The number of thiazole rings is 1. The average Bonchev–Trinajstić information content (AvgIpc) is 3.13. The molecular weight excluding hydrogens is 435 g/mol. The van der Waals surface area contributed by atoms with E-state index < -0.39 is 16.4 Å². The number of halogens is 2. The molecule has 0 aliphatic carbocycles. The van der Waals surface area contributed by atoms with Gasteiger partial charge in [-0.15, -0.1) is 11.3 Å². The number of benzene rings is 2. The molecule has 0 saturated heterocycles. The van der Waals surface area contributed by atoms with Crippen molar-refractivity contribution < 1.29 is 9.31 Å². The van der Waals surface area contributed by atoms with Crippen molar-refractivity contribution >= 4 is 44.2 Å². The van der Waals surface area contributed by atoms with Gasteiger partial charge in [0.1, 0.15) is 28.2 Å². The van der Waals surface area contributed by atoms with Crippen LogP contribution in [0.1, 0.15) is 5.01 Å². The van der Waals surface area contributed by atoms with Crippen LogP contribution in [0.25, 0.3) is 16.8 Å². The highest BCUT2D eigenvalue weighted by Gasteiger charge is 2.15. The van der Waals surface area contributed by atoms with Gasteiger partial charge in [-0.05, 0) is 24.3 Å². The van der Waals surface area contributed by atoms with E-state index in [1.165, 1.54) is 23.6 Å². The monoisotopic (exact) mass is 444 g/mol. The minimum Gasteiger partial charge on any atom is -0.355 e. The number of nitro groups is 1. The quantitative estimate of drug-likeness (QED) is 0.314. The number of nitrogens with one attached hydrogen (secondary N) is 1. The van der Waals surface area contributed by atoms with Crippen LogP contribution in [0.5, 0.6) is 0 Å². The molecular formula is C18H10BrFN4O2S. The summed E-state index contributed by atoms with van der Waals surface area (Å²) in [4.78, 5) is 14.8. The van der Waals surface area contributed by atoms with E-state index >= 15 is 0 Å². The van der Waals surface area contributed by atoms with Crippen molar-refractivity contribution in [2.24, 2.45) is 0 Å². The molecule has 3 rings (SSSR count). The van der Waals surface area contributed by atoms with Crippen molar-refractivity contribution in [3.63, 3.8) is 0 Å². The molecule has 0 unspecified atom stereocenters. The van der Waals surface area contributed by atoms with Gasteiger partial charge in [0, 0.05) is 21.6 Å². The number of anilines is 1. The van der Waals surface area contributed by atoms with E-state index in [-0.39, 0.29) is 11.3 Å². The minimum absolute atomic E-state index is 0.0814. The molecule has 0 spiro atoms. The zero-order valence-corrected chi connectivity index (χ0v) is 15.9. The summed E-state index contributed by atoms with van der Waals surface area (Å²) in [5.74, 6) is -0.713. The Bertz CT molecular complexity index is 1090. The molecule has 0 aliphatic rings. The molecule has 0 fully saturated rings. The molecule has 1 heterocycles. The Labute approximate surface area is 165 Å². The van der Waals surface area contributed by atoms with E-state index in [0.29, 0.717) is 10.7 Å². The fourth-order valence-corrected chi connectivity index (χ4v) is 3.44. The zero-order valence-electron chi connectivity index (χ0n) is 13.5. The predicted octanol–water partition coefficient (Wildman–Crippen LogP) is 5.60. The number of hydrogen-bond acceptors (Lipinski definition) is 6. The Morgan fingerprint density at radius 2 is 2.19 bits per heavy atom. The van der Waals surface area contributed by atoms with Crippen molar-refractivity contribution in [1.29, 1.82) is 5.26 Å². The van der Waals surface area contributed by atoms with Crippen molar-refractivity contribution in [3.8, 4) is 17.3 Å². The third kappa shape index (κ3) is 4.36. The number of allylic oxidation sites excluding steroid dienone is 1. The van der Waals surface area contributed by atoms with Gasteiger partial charge in [0.2, 0.25) is 0 Å². The highest BCUT2D eigenvalue weighted by Crippen LogP contribution is 2.29.